The van der Waals surface area contributed by atoms with E-state index in [9.17, 15) is 4.79 Å². The molecule has 0 radical (unpaired) electrons. The number of hydrogen-bond acceptors (Lipinski definition) is 5. The molecule has 1 aliphatic heterocycles. The average Bonchev–Trinajstić information content (AvgIpc) is 3.11. The molecule has 1 saturated heterocycles. The van der Waals surface area contributed by atoms with E-state index in [1.165, 1.54) is 6.20 Å². The zero-order valence-corrected chi connectivity index (χ0v) is 15.6. The molecule has 4 N–H and O–H groups in total. The second kappa shape index (κ2) is 8.09. The number of carbonyl (C=O) groups is 1. The van der Waals surface area contributed by atoms with E-state index in [-0.39, 0.29) is 12.5 Å². The number of nitrogens with zero attached hydrogens (tertiary/aromatic N) is 4. The van der Waals surface area contributed by atoms with E-state index in [1.54, 1.807) is 6.08 Å². The highest BCUT2D eigenvalue weighted by Gasteiger charge is 2.22. The number of aliphatic imine (C=N–C) groups is 1. The van der Waals surface area contributed by atoms with Gasteiger partial charge in [-0.15, -0.1) is 0 Å². The maximum Gasteiger partial charge on any atom is 0.236 e. The Morgan fingerprint density at radius 2 is 2.00 bits per heavy atom. The summed E-state index contributed by atoms with van der Waals surface area (Å²) in [6, 6.07) is 8.29. The molecule has 2 heterocycles. The van der Waals surface area contributed by atoms with E-state index in [1.807, 2.05) is 28.7 Å². The number of hydrogen-bond donors (Lipinski definition) is 2. The number of anilines is 1. The van der Waals surface area contributed by atoms with E-state index in [0.29, 0.717) is 18.8 Å². The molecule has 0 aliphatic carbocycles. The van der Waals surface area contributed by atoms with Crippen LogP contribution in [0.3, 0.4) is 0 Å². The number of rotatable bonds is 4. The largest absolute Gasteiger partial charge is 0.404 e. The molecule has 1 aromatic heterocycles. The van der Waals surface area contributed by atoms with Crippen molar-refractivity contribution in [3.8, 4) is 0 Å². The monoisotopic (exact) mass is 366 g/mol. The molecule has 27 heavy (non-hydrogen) atoms. The zero-order valence-electron chi connectivity index (χ0n) is 15.6. The number of amides is 1. The average molecular weight is 366 g/mol. The van der Waals surface area contributed by atoms with Gasteiger partial charge in [0.25, 0.3) is 0 Å². The maximum atomic E-state index is 11.8. The molecule has 1 fully saturated rings. The lowest BCUT2D eigenvalue weighted by Gasteiger charge is -2.36. The fourth-order valence-electron chi connectivity index (χ4n) is 3.41. The van der Waals surface area contributed by atoms with E-state index in [2.05, 4.69) is 34.7 Å². The molecule has 0 bridgehead atoms. The zero-order chi connectivity index (χ0) is 19.4. The first-order valence-electron chi connectivity index (χ1n) is 9.01. The molecule has 7 nitrogen and oxygen atoms in total. The Morgan fingerprint density at radius 1 is 1.26 bits per heavy atom. The van der Waals surface area contributed by atoms with Crippen LogP contribution in [0.25, 0.3) is 10.9 Å². The van der Waals surface area contributed by atoms with Crippen LogP contribution in [0.1, 0.15) is 6.92 Å². The molecule has 2 aromatic rings. The highest BCUT2D eigenvalue weighted by Crippen LogP contribution is 2.29. The molecule has 1 aromatic carbocycles. The van der Waals surface area contributed by atoms with Gasteiger partial charge in [0.05, 0.1) is 12.1 Å². The van der Waals surface area contributed by atoms with Crippen LogP contribution in [0.2, 0.25) is 0 Å². The Bertz CT molecular complexity index is 902. The first-order chi connectivity index (χ1) is 13.0. The van der Waals surface area contributed by atoms with Gasteiger partial charge in [-0.3, -0.25) is 4.79 Å². The van der Waals surface area contributed by atoms with Crippen molar-refractivity contribution in [3.05, 3.63) is 55.0 Å². The molecule has 3 rings (SSSR count). The first-order valence-corrected chi connectivity index (χ1v) is 9.01. The molecular weight excluding hydrogens is 340 g/mol. The van der Waals surface area contributed by atoms with Gasteiger partial charge in [0, 0.05) is 49.1 Å². The molecule has 0 saturated carbocycles. The normalized spacial score (nSPS) is 15.7. The van der Waals surface area contributed by atoms with Crippen LogP contribution >= 0.6 is 0 Å². The van der Waals surface area contributed by atoms with Crippen molar-refractivity contribution < 1.29 is 4.79 Å². The fraction of sp³-hybridized carbons (Fsp3) is 0.300. The number of nitrogens with two attached hydrogens (primary N) is 2. The van der Waals surface area contributed by atoms with Gasteiger partial charge < -0.3 is 25.8 Å². The topological polar surface area (TPSA) is 92.9 Å². The third-order valence-corrected chi connectivity index (χ3v) is 4.66. The van der Waals surface area contributed by atoms with Crippen molar-refractivity contribution in [1.82, 2.24) is 9.47 Å². The fourth-order valence-corrected chi connectivity index (χ4v) is 3.41. The van der Waals surface area contributed by atoms with Crippen molar-refractivity contribution in [1.29, 1.82) is 0 Å². The van der Waals surface area contributed by atoms with E-state index >= 15 is 0 Å². The van der Waals surface area contributed by atoms with Crippen LogP contribution in [0, 0.1) is 0 Å². The predicted octanol–water partition coefficient (Wildman–Crippen LogP) is 1.50. The number of piperazine rings is 1. The van der Waals surface area contributed by atoms with Crippen molar-refractivity contribution in [2.75, 3.05) is 37.6 Å². The van der Waals surface area contributed by atoms with Crippen molar-refractivity contribution in [2.24, 2.45) is 16.5 Å². The molecule has 0 unspecified atom stereocenters. The summed E-state index contributed by atoms with van der Waals surface area (Å²) in [5, 5.41) is 1.14. The van der Waals surface area contributed by atoms with Gasteiger partial charge >= 0.3 is 0 Å². The summed E-state index contributed by atoms with van der Waals surface area (Å²) in [5.41, 5.74) is 14.0. The van der Waals surface area contributed by atoms with E-state index in [0.717, 1.165) is 35.5 Å². The summed E-state index contributed by atoms with van der Waals surface area (Å²) in [4.78, 5) is 20.4. The van der Waals surface area contributed by atoms with Crippen LogP contribution in [0.5, 0.6) is 0 Å². The number of benzene rings is 1. The minimum absolute atomic E-state index is 0.00762. The van der Waals surface area contributed by atoms with Crippen LogP contribution in [0.4, 0.5) is 5.69 Å². The van der Waals surface area contributed by atoms with Crippen LogP contribution in [0.15, 0.2) is 60.0 Å². The highest BCUT2D eigenvalue weighted by atomic mass is 16.2. The number of carbonyl (C=O) groups excluding carboxylic acids is 1. The number of aromatic nitrogens is 1. The van der Waals surface area contributed by atoms with E-state index in [4.69, 9.17) is 11.5 Å². The van der Waals surface area contributed by atoms with Gasteiger partial charge in [-0.25, -0.2) is 4.99 Å². The number of fused-ring (bicyclic) bond motifs is 1. The Balaban J connectivity index is 1.93. The quantitative estimate of drug-likeness (QED) is 0.633. The summed E-state index contributed by atoms with van der Waals surface area (Å²) < 4.78 is 2.01. The highest BCUT2D eigenvalue weighted by molar-refractivity contribution is 6.04. The lowest BCUT2D eigenvalue weighted by atomic mass is 10.1. The maximum absolute atomic E-state index is 11.8. The Kier molecular flexibility index (Phi) is 5.61. The SMILES string of the molecule is C=C(C)/N=C(\C=C/N)n1ccc2c(N3CCN(C(=O)CN)CC3)cccc21. The molecule has 142 valence electrons. The summed E-state index contributed by atoms with van der Waals surface area (Å²) in [5.74, 6) is 0.726. The van der Waals surface area contributed by atoms with Gasteiger partial charge in [-0.2, -0.15) is 0 Å². The van der Waals surface area contributed by atoms with Crippen LogP contribution < -0.4 is 16.4 Å². The molecular formula is C20H26N6O. The third-order valence-electron chi connectivity index (χ3n) is 4.66. The predicted molar refractivity (Wildman–Crippen MR) is 111 cm³/mol. The smallest absolute Gasteiger partial charge is 0.236 e. The molecule has 7 heteroatoms. The summed E-state index contributed by atoms with van der Waals surface area (Å²) in [7, 11) is 0. The summed E-state index contributed by atoms with van der Waals surface area (Å²) >= 11 is 0. The summed E-state index contributed by atoms with van der Waals surface area (Å²) in [6.07, 6.45) is 5.23. The standard InChI is InChI=1S/C20H26N6O/c1-15(2)23-19(6-8-21)26-9-7-16-17(4-3-5-18(16)26)24-10-12-25(13-11-24)20(27)14-22/h3-9H,1,10-14,21-22H2,2H3/b8-6-,23-19+. The molecule has 0 spiro atoms. The lowest BCUT2D eigenvalue weighted by molar-refractivity contribution is -0.129. The minimum atomic E-state index is 0.00762. The van der Waals surface area contributed by atoms with Gasteiger partial charge in [-0.05, 0) is 37.4 Å². The minimum Gasteiger partial charge on any atom is -0.404 e. The second-order valence-corrected chi connectivity index (χ2v) is 6.53. The summed E-state index contributed by atoms with van der Waals surface area (Å²) in [6.45, 7) is 8.72. The van der Waals surface area contributed by atoms with Crippen molar-refractivity contribution in [2.45, 2.75) is 6.92 Å². The molecule has 1 amide bonds. The van der Waals surface area contributed by atoms with Crippen molar-refractivity contribution in [3.63, 3.8) is 0 Å². The van der Waals surface area contributed by atoms with Gasteiger partial charge in [-0.1, -0.05) is 12.6 Å². The lowest BCUT2D eigenvalue weighted by Crippen LogP contribution is -2.50. The Morgan fingerprint density at radius 3 is 2.63 bits per heavy atom. The first kappa shape index (κ1) is 18.7. The molecule has 1 aliphatic rings. The Labute approximate surface area is 159 Å². The Hall–Kier alpha value is -3.06. The van der Waals surface area contributed by atoms with E-state index < -0.39 is 0 Å². The van der Waals surface area contributed by atoms with Gasteiger partial charge in [0.2, 0.25) is 5.91 Å². The molecule has 0 atom stereocenters. The van der Waals surface area contributed by atoms with Gasteiger partial charge in [0.1, 0.15) is 5.84 Å². The van der Waals surface area contributed by atoms with Crippen LogP contribution in [-0.2, 0) is 4.79 Å². The third kappa shape index (κ3) is 3.88. The second-order valence-electron chi connectivity index (χ2n) is 6.53. The van der Waals surface area contributed by atoms with Gasteiger partial charge in [0.15, 0.2) is 0 Å². The van der Waals surface area contributed by atoms with Crippen LogP contribution in [-0.4, -0.2) is 53.9 Å². The number of allylic oxidation sites excluding steroid dienone is 2. The van der Waals surface area contributed by atoms with Crippen molar-refractivity contribution >= 4 is 28.3 Å².